The van der Waals surface area contributed by atoms with Crippen molar-refractivity contribution in [2.24, 2.45) is 17.8 Å². The lowest BCUT2D eigenvalue weighted by molar-refractivity contribution is -0.138. The van der Waals surface area contributed by atoms with Crippen LogP contribution in [-0.2, 0) is 4.79 Å². The fourth-order valence-electron chi connectivity index (χ4n) is 2.72. The lowest BCUT2D eigenvalue weighted by Crippen LogP contribution is -2.51. The van der Waals surface area contributed by atoms with Gasteiger partial charge in [0.2, 0.25) is 5.91 Å². The summed E-state index contributed by atoms with van der Waals surface area (Å²) < 4.78 is 0. The normalized spacial score (nSPS) is 23.8. The van der Waals surface area contributed by atoms with E-state index >= 15 is 0 Å². The third-order valence-corrected chi connectivity index (χ3v) is 4.41. The van der Waals surface area contributed by atoms with Crippen molar-refractivity contribution in [2.75, 3.05) is 26.2 Å². The molecule has 2 heterocycles. The number of hydrogen-bond acceptors (Lipinski definition) is 2. The van der Waals surface area contributed by atoms with Crippen molar-refractivity contribution in [3.63, 3.8) is 0 Å². The molecule has 0 aromatic heterocycles. The second-order valence-electron chi connectivity index (χ2n) is 5.38. The summed E-state index contributed by atoms with van der Waals surface area (Å²) in [7, 11) is 0. The van der Waals surface area contributed by atoms with Crippen LogP contribution < -0.4 is 5.32 Å². The Morgan fingerprint density at radius 1 is 1.35 bits per heavy atom. The van der Waals surface area contributed by atoms with Crippen LogP contribution in [0.3, 0.4) is 0 Å². The topological polar surface area (TPSA) is 32.3 Å². The average Bonchev–Trinajstić information content (AvgIpc) is 2.26. The molecule has 2 rings (SSSR count). The molecular formula is C13H25ClN2O. The number of carbonyl (C=O) groups is 1. The standard InChI is InChI=1S/C13H24N2O.ClH/c1-3-11-4-6-15(7-5-11)13(16)10(2)12-8-14-9-12;/h10-12,14H,3-9H2,1-2H3;1H. The number of rotatable bonds is 3. The maximum absolute atomic E-state index is 12.2. The van der Waals surface area contributed by atoms with E-state index in [1.165, 1.54) is 19.3 Å². The zero-order chi connectivity index (χ0) is 11.5. The predicted molar refractivity (Wildman–Crippen MR) is 72.4 cm³/mol. The molecule has 2 fully saturated rings. The first kappa shape index (κ1) is 14.8. The Hall–Kier alpha value is -0.280. The number of halogens is 1. The van der Waals surface area contributed by atoms with Crippen LogP contribution in [0.25, 0.3) is 0 Å². The Kier molecular flexibility index (Phi) is 5.74. The van der Waals surface area contributed by atoms with Crippen LogP contribution in [-0.4, -0.2) is 37.0 Å². The number of amides is 1. The molecule has 1 atom stereocenters. The van der Waals surface area contributed by atoms with Gasteiger partial charge in [-0.25, -0.2) is 0 Å². The molecule has 0 radical (unpaired) electrons. The van der Waals surface area contributed by atoms with E-state index in [0.29, 0.717) is 11.8 Å². The summed E-state index contributed by atoms with van der Waals surface area (Å²) >= 11 is 0. The zero-order valence-electron chi connectivity index (χ0n) is 10.9. The first-order valence-electron chi connectivity index (χ1n) is 6.72. The van der Waals surface area contributed by atoms with Crippen molar-refractivity contribution in [3.8, 4) is 0 Å². The molecule has 100 valence electrons. The minimum absolute atomic E-state index is 0. The molecule has 3 nitrogen and oxygen atoms in total. The van der Waals surface area contributed by atoms with E-state index in [1.807, 2.05) is 0 Å². The van der Waals surface area contributed by atoms with Gasteiger partial charge in [-0.05, 0) is 37.8 Å². The number of piperidine rings is 1. The minimum Gasteiger partial charge on any atom is -0.342 e. The van der Waals surface area contributed by atoms with Crippen molar-refractivity contribution in [2.45, 2.75) is 33.1 Å². The minimum atomic E-state index is 0. The van der Waals surface area contributed by atoms with Gasteiger partial charge in [-0.1, -0.05) is 20.3 Å². The zero-order valence-corrected chi connectivity index (χ0v) is 11.8. The molecule has 1 unspecified atom stereocenters. The maximum Gasteiger partial charge on any atom is 0.225 e. The second kappa shape index (κ2) is 6.60. The number of carbonyl (C=O) groups excluding carboxylic acids is 1. The number of hydrogen-bond donors (Lipinski definition) is 1. The van der Waals surface area contributed by atoms with Gasteiger partial charge >= 0.3 is 0 Å². The Morgan fingerprint density at radius 2 is 1.94 bits per heavy atom. The molecule has 4 heteroatoms. The van der Waals surface area contributed by atoms with Gasteiger partial charge in [0, 0.05) is 19.0 Å². The summed E-state index contributed by atoms with van der Waals surface area (Å²) in [6.07, 6.45) is 3.68. The van der Waals surface area contributed by atoms with Crippen molar-refractivity contribution >= 4 is 18.3 Å². The number of nitrogens with zero attached hydrogens (tertiary/aromatic N) is 1. The molecule has 2 aliphatic rings. The van der Waals surface area contributed by atoms with E-state index in [4.69, 9.17) is 0 Å². The van der Waals surface area contributed by atoms with E-state index in [9.17, 15) is 4.79 Å². The Labute approximate surface area is 111 Å². The highest BCUT2D eigenvalue weighted by Crippen LogP contribution is 2.24. The van der Waals surface area contributed by atoms with E-state index in [2.05, 4.69) is 24.1 Å². The smallest absolute Gasteiger partial charge is 0.225 e. The van der Waals surface area contributed by atoms with Crippen LogP contribution in [0.5, 0.6) is 0 Å². The van der Waals surface area contributed by atoms with Gasteiger partial charge in [0.1, 0.15) is 0 Å². The summed E-state index contributed by atoms with van der Waals surface area (Å²) in [5.74, 6) is 2.04. The summed E-state index contributed by atoms with van der Waals surface area (Å²) in [5.41, 5.74) is 0. The van der Waals surface area contributed by atoms with Gasteiger partial charge in [-0.2, -0.15) is 0 Å². The lowest BCUT2D eigenvalue weighted by Gasteiger charge is -2.37. The Bertz CT molecular complexity index is 248. The van der Waals surface area contributed by atoms with Crippen LogP contribution >= 0.6 is 12.4 Å². The molecule has 1 amide bonds. The molecule has 0 spiro atoms. The first-order valence-corrected chi connectivity index (χ1v) is 6.72. The Morgan fingerprint density at radius 3 is 2.35 bits per heavy atom. The van der Waals surface area contributed by atoms with Crippen LogP contribution in [0, 0.1) is 17.8 Å². The van der Waals surface area contributed by atoms with Crippen LogP contribution in [0.2, 0.25) is 0 Å². The molecule has 0 bridgehead atoms. The summed E-state index contributed by atoms with van der Waals surface area (Å²) in [6, 6.07) is 0. The van der Waals surface area contributed by atoms with E-state index in [-0.39, 0.29) is 18.3 Å². The highest BCUT2D eigenvalue weighted by atomic mass is 35.5. The number of nitrogens with one attached hydrogen (secondary N) is 1. The summed E-state index contributed by atoms with van der Waals surface area (Å²) in [5, 5.41) is 3.25. The number of likely N-dealkylation sites (tertiary alicyclic amines) is 1. The summed E-state index contributed by atoms with van der Waals surface area (Å²) in [6.45, 7) is 8.38. The van der Waals surface area contributed by atoms with Crippen molar-refractivity contribution in [3.05, 3.63) is 0 Å². The van der Waals surface area contributed by atoms with E-state index in [0.717, 1.165) is 32.1 Å². The molecule has 0 aromatic rings. The maximum atomic E-state index is 12.2. The van der Waals surface area contributed by atoms with Crippen LogP contribution in [0.15, 0.2) is 0 Å². The first-order chi connectivity index (χ1) is 7.72. The third-order valence-electron chi connectivity index (χ3n) is 4.41. The van der Waals surface area contributed by atoms with Crippen LogP contribution in [0.1, 0.15) is 33.1 Å². The molecule has 17 heavy (non-hydrogen) atoms. The highest BCUT2D eigenvalue weighted by molar-refractivity contribution is 5.85. The quantitative estimate of drug-likeness (QED) is 0.841. The largest absolute Gasteiger partial charge is 0.342 e. The highest BCUT2D eigenvalue weighted by Gasteiger charge is 2.32. The van der Waals surface area contributed by atoms with Gasteiger partial charge in [0.15, 0.2) is 0 Å². The van der Waals surface area contributed by atoms with Gasteiger partial charge in [0.05, 0.1) is 0 Å². The van der Waals surface area contributed by atoms with Crippen molar-refractivity contribution in [1.82, 2.24) is 10.2 Å². The molecule has 0 aromatic carbocycles. The second-order valence-corrected chi connectivity index (χ2v) is 5.38. The van der Waals surface area contributed by atoms with E-state index < -0.39 is 0 Å². The fourth-order valence-corrected chi connectivity index (χ4v) is 2.72. The molecule has 2 aliphatic heterocycles. The molecule has 0 aliphatic carbocycles. The average molecular weight is 261 g/mol. The predicted octanol–water partition coefficient (Wildman–Crippen LogP) is 1.91. The fraction of sp³-hybridized carbons (Fsp3) is 0.923. The molecule has 0 saturated carbocycles. The SMILES string of the molecule is CCC1CCN(C(=O)C(C)C2CNC2)CC1.Cl. The van der Waals surface area contributed by atoms with E-state index in [1.54, 1.807) is 0 Å². The van der Waals surface area contributed by atoms with Crippen molar-refractivity contribution < 1.29 is 4.79 Å². The summed E-state index contributed by atoms with van der Waals surface area (Å²) in [4.78, 5) is 14.3. The molecular weight excluding hydrogens is 236 g/mol. The van der Waals surface area contributed by atoms with Gasteiger partial charge in [0.25, 0.3) is 0 Å². The van der Waals surface area contributed by atoms with Crippen LogP contribution in [0.4, 0.5) is 0 Å². The van der Waals surface area contributed by atoms with Crippen molar-refractivity contribution in [1.29, 1.82) is 0 Å². The molecule has 2 saturated heterocycles. The van der Waals surface area contributed by atoms with Gasteiger partial charge in [-0.15, -0.1) is 12.4 Å². The third kappa shape index (κ3) is 3.35. The molecule has 1 N–H and O–H groups in total. The Balaban J connectivity index is 0.00000144. The van der Waals surface area contributed by atoms with Gasteiger partial charge < -0.3 is 10.2 Å². The monoisotopic (exact) mass is 260 g/mol. The van der Waals surface area contributed by atoms with Gasteiger partial charge in [-0.3, -0.25) is 4.79 Å². The lowest BCUT2D eigenvalue weighted by atomic mass is 9.86.